The number of halogens is 3. The van der Waals surface area contributed by atoms with E-state index in [2.05, 4.69) is 25.6 Å². The van der Waals surface area contributed by atoms with Crippen LogP contribution in [0.4, 0.5) is 20.4 Å². The fraction of sp³-hybridized carbons (Fsp3) is 0.0769. The van der Waals surface area contributed by atoms with Gasteiger partial charge in [-0.1, -0.05) is 23.7 Å². The number of carbonyl (C=O) groups excluding carboxylic acids is 1. The first kappa shape index (κ1) is 24.5. The fourth-order valence-electron chi connectivity index (χ4n) is 3.71. The number of fused-ring (bicyclic) bond motifs is 1. The lowest BCUT2D eigenvalue weighted by Gasteiger charge is -2.11. The van der Waals surface area contributed by atoms with Gasteiger partial charge < -0.3 is 16.4 Å². The third kappa shape index (κ3) is 5.50. The van der Waals surface area contributed by atoms with Crippen LogP contribution in [0.25, 0.3) is 21.3 Å². The quantitative estimate of drug-likeness (QED) is 0.242. The highest BCUT2D eigenvalue weighted by molar-refractivity contribution is 7.15. The number of benzene rings is 2. The van der Waals surface area contributed by atoms with Crippen molar-refractivity contribution >= 4 is 51.4 Å². The van der Waals surface area contributed by atoms with Crippen molar-refractivity contribution in [3.05, 3.63) is 99.8 Å². The smallest absolute Gasteiger partial charge is 0.255 e. The number of pyridine rings is 1. The van der Waals surface area contributed by atoms with Gasteiger partial charge in [-0.3, -0.25) is 4.79 Å². The van der Waals surface area contributed by atoms with Gasteiger partial charge in [-0.05, 0) is 53.6 Å². The molecule has 0 saturated carbocycles. The van der Waals surface area contributed by atoms with Crippen LogP contribution in [0, 0.1) is 11.6 Å². The zero-order valence-electron chi connectivity index (χ0n) is 19.1. The van der Waals surface area contributed by atoms with E-state index in [9.17, 15) is 13.6 Å². The second-order valence-corrected chi connectivity index (χ2v) is 9.70. The van der Waals surface area contributed by atoms with Crippen LogP contribution in [0.3, 0.4) is 0 Å². The van der Waals surface area contributed by atoms with Gasteiger partial charge in [0.25, 0.3) is 5.91 Å². The van der Waals surface area contributed by atoms with Gasteiger partial charge in [-0.2, -0.15) is 0 Å². The molecule has 0 aliphatic heterocycles. The number of anilines is 2. The number of nitrogens with one attached hydrogen (secondary N) is 2. The van der Waals surface area contributed by atoms with Crippen molar-refractivity contribution < 1.29 is 13.6 Å². The molecule has 1 amide bonds. The molecule has 5 aromatic rings. The predicted molar refractivity (Wildman–Crippen MR) is 141 cm³/mol. The summed E-state index contributed by atoms with van der Waals surface area (Å²) in [6.07, 6.45) is 2.88. The highest BCUT2D eigenvalue weighted by Crippen LogP contribution is 2.31. The van der Waals surface area contributed by atoms with Gasteiger partial charge in [-0.15, -0.1) is 11.3 Å². The molecule has 5 rings (SSSR count). The molecule has 0 fully saturated rings. The van der Waals surface area contributed by atoms with Crippen LogP contribution in [-0.4, -0.2) is 20.9 Å². The van der Waals surface area contributed by atoms with Crippen LogP contribution in [0.5, 0.6) is 0 Å². The van der Waals surface area contributed by atoms with E-state index < -0.39 is 17.5 Å². The number of hydrogen-bond donors (Lipinski definition) is 3. The van der Waals surface area contributed by atoms with Gasteiger partial charge in [0, 0.05) is 27.9 Å². The molecule has 0 spiro atoms. The van der Waals surface area contributed by atoms with E-state index in [4.69, 9.17) is 17.3 Å². The molecular weight excluding hydrogens is 518 g/mol. The Morgan fingerprint density at radius 3 is 2.68 bits per heavy atom. The van der Waals surface area contributed by atoms with Crippen LogP contribution in [-0.2, 0) is 13.1 Å². The summed E-state index contributed by atoms with van der Waals surface area (Å²) in [5.41, 5.74) is 8.42. The highest BCUT2D eigenvalue weighted by atomic mass is 35.5. The number of rotatable bonds is 7. The van der Waals surface area contributed by atoms with Crippen molar-refractivity contribution in [2.75, 3.05) is 11.1 Å². The Morgan fingerprint density at radius 1 is 0.973 bits per heavy atom. The predicted octanol–water partition coefficient (Wildman–Crippen LogP) is 5.81. The summed E-state index contributed by atoms with van der Waals surface area (Å²) in [6.45, 7) is 0.430. The highest BCUT2D eigenvalue weighted by Gasteiger charge is 2.15. The van der Waals surface area contributed by atoms with Crippen molar-refractivity contribution in [1.29, 1.82) is 0 Å². The lowest BCUT2D eigenvalue weighted by molar-refractivity contribution is 0.0951. The molecule has 0 bridgehead atoms. The van der Waals surface area contributed by atoms with Crippen molar-refractivity contribution in [3.63, 3.8) is 0 Å². The number of nitrogens with zero attached hydrogens (tertiary/aromatic N) is 3. The van der Waals surface area contributed by atoms with Crippen LogP contribution < -0.4 is 16.4 Å². The first-order chi connectivity index (χ1) is 17.9. The molecule has 0 atom stereocenters. The molecule has 37 heavy (non-hydrogen) atoms. The normalized spacial score (nSPS) is 11.0. The van der Waals surface area contributed by atoms with E-state index in [0.717, 1.165) is 38.4 Å². The maximum absolute atomic E-state index is 13.5. The van der Waals surface area contributed by atoms with Gasteiger partial charge in [0.15, 0.2) is 11.6 Å². The molecule has 0 unspecified atom stereocenters. The average Bonchev–Trinajstić information content (AvgIpc) is 3.37. The van der Waals surface area contributed by atoms with Crippen LogP contribution >= 0.6 is 22.9 Å². The minimum absolute atomic E-state index is 0.0115. The summed E-state index contributed by atoms with van der Waals surface area (Å²) in [7, 11) is 0. The van der Waals surface area contributed by atoms with E-state index in [0.29, 0.717) is 28.8 Å². The van der Waals surface area contributed by atoms with Gasteiger partial charge in [-0.25, -0.2) is 23.7 Å². The monoisotopic (exact) mass is 536 g/mol. The molecule has 2 aromatic carbocycles. The number of aromatic nitrogens is 3. The minimum atomic E-state index is -0.977. The molecule has 186 valence electrons. The molecular formula is C26H19ClF2N6OS. The van der Waals surface area contributed by atoms with Crippen molar-refractivity contribution in [3.8, 4) is 10.4 Å². The lowest BCUT2D eigenvalue weighted by Crippen LogP contribution is -2.24. The van der Waals surface area contributed by atoms with E-state index in [1.165, 1.54) is 24.7 Å². The van der Waals surface area contributed by atoms with Gasteiger partial charge in [0.05, 0.1) is 22.6 Å². The zero-order chi connectivity index (χ0) is 25.9. The van der Waals surface area contributed by atoms with Crippen LogP contribution in [0.15, 0.2) is 67.1 Å². The molecule has 11 heteroatoms. The van der Waals surface area contributed by atoms with Crippen molar-refractivity contribution in [2.45, 2.75) is 13.1 Å². The summed E-state index contributed by atoms with van der Waals surface area (Å²) in [5.74, 6) is -1.61. The third-order valence-electron chi connectivity index (χ3n) is 5.58. The Morgan fingerprint density at radius 2 is 1.84 bits per heavy atom. The van der Waals surface area contributed by atoms with E-state index in [1.54, 1.807) is 11.3 Å². The van der Waals surface area contributed by atoms with Gasteiger partial charge >= 0.3 is 0 Å². The molecule has 3 aromatic heterocycles. The molecule has 0 saturated heterocycles. The second-order valence-electron chi connectivity index (χ2n) is 8.09. The van der Waals surface area contributed by atoms with Crippen molar-refractivity contribution in [2.24, 2.45) is 0 Å². The number of nitrogens with two attached hydrogens (primary N) is 1. The zero-order valence-corrected chi connectivity index (χ0v) is 20.7. The lowest BCUT2D eigenvalue weighted by atomic mass is 10.1. The largest absolute Gasteiger partial charge is 0.383 e. The maximum Gasteiger partial charge on any atom is 0.255 e. The molecule has 3 heterocycles. The van der Waals surface area contributed by atoms with Gasteiger partial charge in [0.1, 0.15) is 18.0 Å². The third-order valence-corrected chi connectivity index (χ3v) is 6.92. The summed E-state index contributed by atoms with van der Waals surface area (Å²) in [4.78, 5) is 27.4. The summed E-state index contributed by atoms with van der Waals surface area (Å²) >= 11 is 7.66. The molecule has 0 radical (unpaired) electrons. The average molecular weight is 537 g/mol. The van der Waals surface area contributed by atoms with E-state index in [-0.39, 0.29) is 12.1 Å². The Hall–Kier alpha value is -4.15. The Labute approximate surface area is 219 Å². The van der Waals surface area contributed by atoms with Crippen molar-refractivity contribution in [1.82, 2.24) is 20.3 Å². The van der Waals surface area contributed by atoms with E-state index >= 15 is 0 Å². The van der Waals surface area contributed by atoms with Crippen LogP contribution in [0.1, 0.15) is 20.8 Å². The molecule has 0 aliphatic rings. The second kappa shape index (κ2) is 10.5. The summed E-state index contributed by atoms with van der Waals surface area (Å²) in [6, 6.07) is 14.8. The summed E-state index contributed by atoms with van der Waals surface area (Å²) in [5, 5.41) is 6.96. The number of carbonyl (C=O) groups is 1. The number of nitrogen functional groups attached to an aromatic ring is 1. The molecule has 7 nitrogen and oxygen atoms in total. The minimum Gasteiger partial charge on any atom is -0.383 e. The number of thiophene rings is 1. The first-order valence-corrected chi connectivity index (χ1v) is 12.3. The van der Waals surface area contributed by atoms with Gasteiger partial charge in [0.2, 0.25) is 0 Å². The van der Waals surface area contributed by atoms with Crippen LogP contribution in [0.2, 0.25) is 5.02 Å². The summed E-state index contributed by atoms with van der Waals surface area (Å²) < 4.78 is 26.6. The SMILES string of the molecule is Nc1ncnc2ccc(-c3ccc(CNc4ncc(Cl)cc4C(=O)NCc4ccc(F)c(F)c4)s3)cc12. The fourth-order valence-corrected chi connectivity index (χ4v) is 4.81. The standard InChI is InChI=1S/C26H19ClF2N6OS/c27-16-9-19(26(36)33-10-14-1-4-20(28)21(29)7-14)25(31-11-16)32-12-17-3-6-23(37-17)15-2-5-22-18(8-15)24(30)35-13-34-22/h1-9,11,13H,10,12H2,(H,31,32)(H,33,36)(H2,30,34,35). The Bertz CT molecular complexity index is 1630. The Kier molecular flexibility index (Phi) is 6.93. The topological polar surface area (TPSA) is 106 Å². The molecule has 4 N–H and O–H groups in total. The molecule has 0 aliphatic carbocycles. The Balaban J connectivity index is 1.29. The maximum atomic E-state index is 13.5. The number of hydrogen-bond acceptors (Lipinski definition) is 7. The number of amides is 1. The first-order valence-electron chi connectivity index (χ1n) is 11.1. The van der Waals surface area contributed by atoms with E-state index in [1.807, 2.05) is 30.3 Å².